The Bertz CT molecular complexity index is 1150. The average molecular weight is 647 g/mol. The molecule has 4 bridgehead atoms. The molecule has 0 fully saturated rings. The number of rotatable bonds is 0. The zero-order valence-corrected chi connectivity index (χ0v) is 26.0. The highest BCUT2D eigenvalue weighted by atomic mass is 32.2. The second-order valence-corrected chi connectivity index (χ2v) is 14.3. The number of aryl methyl sites for hydroxylation is 2. The summed E-state index contributed by atoms with van der Waals surface area (Å²) in [5, 5.41) is 0. The van der Waals surface area contributed by atoms with E-state index in [1.165, 1.54) is 23.5 Å². The standard InChI is InChI=1S/C27H32F6O3S4/c1-15-19-13-37-11-9-35-7-5-34-6-8-36-10-12-38-14-20-16(2)24(40-18(20)4)22-21(23(15)39-17(19)3)25(28,29)27(32,33)26(22,30)31/h5-14H2,1-4H3. The highest BCUT2D eigenvalue weighted by Crippen LogP contribution is 2.66. The molecule has 4 rings (SSSR count). The van der Waals surface area contributed by atoms with E-state index in [0.29, 0.717) is 94.7 Å². The van der Waals surface area contributed by atoms with E-state index in [2.05, 4.69) is 0 Å². The third kappa shape index (κ3) is 5.90. The van der Waals surface area contributed by atoms with Crippen LogP contribution in [0.1, 0.15) is 41.8 Å². The first-order valence-corrected chi connectivity index (χ1v) is 16.7. The number of thioether (sulfide) groups is 2. The number of ether oxygens (including phenoxy) is 3. The summed E-state index contributed by atoms with van der Waals surface area (Å²) in [6, 6.07) is 0. The molecule has 0 spiro atoms. The van der Waals surface area contributed by atoms with Crippen molar-refractivity contribution in [2.45, 2.75) is 57.0 Å². The van der Waals surface area contributed by atoms with Crippen LogP contribution in [0.2, 0.25) is 0 Å². The molecule has 0 atom stereocenters. The Hall–Kier alpha value is -0.700. The lowest BCUT2D eigenvalue weighted by atomic mass is 9.98. The van der Waals surface area contributed by atoms with Gasteiger partial charge in [0.1, 0.15) is 0 Å². The Morgan fingerprint density at radius 2 is 0.900 bits per heavy atom. The predicted octanol–water partition coefficient (Wildman–Crippen LogP) is 8.40. The maximum absolute atomic E-state index is 15.5. The summed E-state index contributed by atoms with van der Waals surface area (Å²) in [5.41, 5.74) is -0.422. The minimum atomic E-state index is -5.56. The highest BCUT2D eigenvalue weighted by molar-refractivity contribution is 7.98. The molecule has 0 amide bonds. The monoisotopic (exact) mass is 646 g/mol. The van der Waals surface area contributed by atoms with Crippen molar-refractivity contribution in [3.05, 3.63) is 41.8 Å². The SMILES string of the molecule is Cc1sc2c(C)c1CSCCOCCOCCOCCSCc1c(C)sc(c1C)C1=C2C(F)(F)C(F)(F)C1(F)F. The summed E-state index contributed by atoms with van der Waals surface area (Å²) < 4.78 is 108. The molecule has 3 nitrogen and oxygen atoms in total. The zero-order chi connectivity index (χ0) is 29.3. The largest absolute Gasteiger partial charge is 0.380 e. The van der Waals surface area contributed by atoms with Crippen LogP contribution in [0.4, 0.5) is 26.3 Å². The van der Waals surface area contributed by atoms with Crippen molar-refractivity contribution in [3.63, 3.8) is 0 Å². The zero-order valence-electron chi connectivity index (χ0n) is 22.7. The van der Waals surface area contributed by atoms with Crippen molar-refractivity contribution >= 4 is 57.3 Å². The van der Waals surface area contributed by atoms with Crippen LogP contribution in [0, 0.1) is 27.7 Å². The first-order chi connectivity index (χ1) is 18.8. The summed E-state index contributed by atoms with van der Waals surface area (Å²) in [7, 11) is 0. The van der Waals surface area contributed by atoms with Gasteiger partial charge < -0.3 is 14.2 Å². The van der Waals surface area contributed by atoms with Gasteiger partial charge in [0.05, 0.1) is 50.8 Å². The quantitative estimate of drug-likeness (QED) is 0.268. The van der Waals surface area contributed by atoms with E-state index in [1.54, 1.807) is 27.7 Å². The fraction of sp³-hybridized carbons (Fsp3) is 0.630. The van der Waals surface area contributed by atoms with Crippen molar-refractivity contribution in [2.24, 2.45) is 0 Å². The van der Waals surface area contributed by atoms with Gasteiger partial charge in [-0.15, -0.1) is 22.7 Å². The second kappa shape index (κ2) is 12.9. The molecule has 3 heterocycles. The number of fused-ring (bicyclic) bond motifs is 6. The normalized spacial score (nSPS) is 22.8. The van der Waals surface area contributed by atoms with Crippen LogP contribution in [0.25, 0.3) is 11.1 Å². The summed E-state index contributed by atoms with van der Waals surface area (Å²) in [6.45, 7) is 9.13. The molecule has 0 radical (unpaired) electrons. The van der Waals surface area contributed by atoms with Gasteiger partial charge in [-0.3, -0.25) is 0 Å². The topological polar surface area (TPSA) is 27.7 Å². The molecule has 0 aromatic carbocycles. The minimum Gasteiger partial charge on any atom is -0.378 e. The molecule has 1 aliphatic carbocycles. The molecule has 40 heavy (non-hydrogen) atoms. The molecular formula is C27H32F6O3S4. The molecule has 0 N–H and O–H groups in total. The van der Waals surface area contributed by atoms with E-state index in [1.807, 2.05) is 0 Å². The van der Waals surface area contributed by atoms with Gasteiger partial charge >= 0.3 is 17.8 Å². The van der Waals surface area contributed by atoms with Gasteiger partial charge in [0.2, 0.25) is 0 Å². The first-order valence-electron chi connectivity index (χ1n) is 12.8. The third-order valence-electron chi connectivity index (χ3n) is 7.05. The number of alkyl halides is 6. The molecule has 224 valence electrons. The number of hydrogen-bond acceptors (Lipinski definition) is 7. The predicted molar refractivity (Wildman–Crippen MR) is 154 cm³/mol. The van der Waals surface area contributed by atoms with Gasteiger partial charge in [0, 0.05) is 42.5 Å². The van der Waals surface area contributed by atoms with E-state index < -0.39 is 28.9 Å². The van der Waals surface area contributed by atoms with Gasteiger partial charge in [-0.1, -0.05) is 0 Å². The molecule has 0 saturated carbocycles. The molecule has 13 heteroatoms. The van der Waals surface area contributed by atoms with Gasteiger partial charge in [0.25, 0.3) is 0 Å². The first kappa shape index (κ1) is 32.2. The van der Waals surface area contributed by atoms with Crippen LogP contribution >= 0.6 is 46.2 Å². The van der Waals surface area contributed by atoms with Crippen LogP contribution in [0.3, 0.4) is 0 Å². The highest BCUT2D eigenvalue weighted by Gasteiger charge is 2.80. The van der Waals surface area contributed by atoms with E-state index >= 15 is 17.6 Å². The summed E-state index contributed by atoms with van der Waals surface area (Å²) in [5.74, 6) is -13.6. The fourth-order valence-corrected chi connectivity index (χ4v) is 9.49. The van der Waals surface area contributed by atoms with Crippen molar-refractivity contribution in [1.82, 2.24) is 0 Å². The van der Waals surface area contributed by atoms with E-state index in [0.717, 1.165) is 22.7 Å². The Labute approximate surface area is 247 Å². The Balaban J connectivity index is 1.81. The van der Waals surface area contributed by atoms with Gasteiger partial charge in [-0.05, 0) is 49.9 Å². The molecule has 2 aromatic heterocycles. The number of halogens is 6. The molecule has 2 aromatic rings. The number of hydrogen-bond donors (Lipinski definition) is 0. The van der Waals surface area contributed by atoms with Crippen LogP contribution in [0.15, 0.2) is 0 Å². The Morgan fingerprint density at radius 1 is 0.550 bits per heavy atom. The molecular weight excluding hydrogens is 615 g/mol. The number of allylic oxidation sites excluding steroid dienone is 2. The Kier molecular flexibility index (Phi) is 10.4. The fourth-order valence-electron chi connectivity index (χ4n) is 4.74. The van der Waals surface area contributed by atoms with Crippen molar-refractivity contribution in [2.75, 3.05) is 51.1 Å². The van der Waals surface area contributed by atoms with Crippen molar-refractivity contribution < 1.29 is 40.6 Å². The average Bonchev–Trinajstić information content (AvgIpc) is 3.35. The maximum Gasteiger partial charge on any atom is 0.380 e. The van der Waals surface area contributed by atoms with Crippen LogP contribution < -0.4 is 0 Å². The van der Waals surface area contributed by atoms with E-state index in [4.69, 9.17) is 14.2 Å². The minimum absolute atomic E-state index is 0.199. The van der Waals surface area contributed by atoms with Crippen LogP contribution in [-0.4, -0.2) is 68.9 Å². The van der Waals surface area contributed by atoms with E-state index in [9.17, 15) is 8.78 Å². The Morgan fingerprint density at radius 3 is 1.27 bits per heavy atom. The van der Waals surface area contributed by atoms with Crippen molar-refractivity contribution in [3.8, 4) is 0 Å². The maximum atomic E-state index is 15.5. The van der Waals surface area contributed by atoms with Crippen LogP contribution in [-0.2, 0) is 25.7 Å². The van der Waals surface area contributed by atoms with Gasteiger partial charge in [0.15, 0.2) is 0 Å². The molecule has 0 unspecified atom stereocenters. The summed E-state index contributed by atoms with van der Waals surface area (Å²) in [6.07, 6.45) is 0. The third-order valence-corrected chi connectivity index (χ3v) is 11.5. The lowest BCUT2D eigenvalue weighted by molar-refractivity contribution is -0.254. The number of thiophene rings is 2. The van der Waals surface area contributed by atoms with Gasteiger partial charge in [-0.2, -0.15) is 49.9 Å². The lowest BCUT2D eigenvalue weighted by Gasteiger charge is -2.25. The van der Waals surface area contributed by atoms with Gasteiger partial charge in [-0.25, -0.2) is 0 Å². The van der Waals surface area contributed by atoms with Crippen molar-refractivity contribution in [1.29, 1.82) is 0 Å². The molecule has 1 aliphatic heterocycles. The molecule has 2 aliphatic rings. The summed E-state index contributed by atoms with van der Waals surface area (Å²) >= 11 is 4.76. The lowest BCUT2D eigenvalue weighted by Crippen LogP contribution is -2.48. The smallest absolute Gasteiger partial charge is 0.378 e. The second-order valence-electron chi connectivity index (χ2n) is 9.60. The van der Waals surface area contributed by atoms with Crippen LogP contribution in [0.5, 0.6) is 0 Å². The molecule has 0 saturated heterocycles. The van der Waals surface area contributed by atoms with E-state index in [-0.39, 0.29) is 9.75 Å². The summed E-state index contributed by atoms with van der Waals surface area (Å²) in [4.78, 5) is 0.886.